The summed E-state index contributed by atoms with van der Waals surface area (Å²) in [4.78, 5) is 2.36. The molecule has 0 bridgehead atoms. The highest BCUT2D eigenvalue weighted by molar-refractivity contribution is 6.30. The smallest absolute Gasteiger partial charge is 0.0702 e. The third-order valence-electron chi connectivity index (χ3n) is 3.54. The molecule has 1 aliphatic heterocycles. The van der Waals surface area contributed by atoms with Crippen molar-refractivity contribution >= 4 is 17.3 Å². The predicted molar refractivity (Wildman–Crippen MR) is 72.6 cm³/mol. The van der Waals surface area contributed by atoms with E-state index in [1.54, 1.807) is 0 Å². The minimum atomic E-state index is 0.0848. The first kappa shape index (κ1) is 12.7. The van der Waals surface area contributed by atoms with Crippen molar-refractivity contribution in [1.29, 1.82) is 0 Å². The fraction of sp³-hybridized carbons (Fsp3) is 0.571. The van der Waals surface area contributed by atoms with Crippen molar-refractivity contribution in [2.75, 3.05) is 18.0 Å². The van der Waals surface area contributed by atoms with E-state index < -0.39 is 0 Å². The van der Waals surface area contributed by atoms with Crippen molar-refractivity contribution in [2.24, 2.45) is 5.92 Å². The fourth-order valence-electron chi connectivity index (χ4n) is 2.66. The Morgan fingerprint density at radius 2 is 2.29 bits per heavy atom. The molecule has 0 amide bonds. The van der Waals surface area contributed by atoms with Gasteiger partial charge in [0.05, 0.1) is 6.61 Å². The molecule has 3 heteroatoms. The van der Waals surface area contributed by atoms with Gasteiger partial charge in [0.15, 0.2) is 0 Å². The third-order valence-corrected chi connectivity index (χ3v) is 3.78. The summed E-state index contributed by atoms with van der Waals surface area (Å²) < 4.78 is 0. The molecule has 1 aliphatic rings. The highest BCUT2D eigenvalue weighted by Crippen LogP contribution is 2.31. The monoisotopic (exact) mass is 253 g/mol. The Hall–Kier alpha value is -0.730. The number of rotatable bonds is 4. The lowest BCUT2D eigenvalue weighted by Gasteiger charge is -2.22. The average Bonchev–Trinajstić information content (AvgIpc) is 2.78. The first-order valence-electron chi connectivity index (χ1n) is 6.38. The maximum Gasteiger partial charge on any atom is 0.0702 e. The molecule has 1 N–H and O–H groups in total. The van der Waals surface area contributed by atoms with Crippen LogP contribution in [0.25, 0.3) is 0 Å². The summed E-state index contributed by atoms with van der Waals surface area (Å²) >= 11 is 6.04. The standard InChI is InChI=1S/C14H20ClNO/c1-2-3-11-6-7-16(9-11)14-8-13(15)5-4-12(14)10-17/h4-5,8,11,17H,2-3,6-7,9-10H2,1H3. The van der Waals surface area contributed by atoms with E-state index >= 15 is 0 Å². The maximum absolute atomic E-state index is 9.37. The van der Waals surface area contributed by atoms with Gasteiger partial charge in [-0.1, -0.05) is 31.0 Å². The van der Waals surface area contributed by atoms with Crippen LogP contribution >= 0.6 is 11.6 Å². The molecular weight excluding hydrogens is 234 g/mol. The number of hydrogen-bond acceptors (Lipinski definition) is 2. The minimum absolute atomic E-state index is 0.0848. The topological polar surface area (TPSA) is 23.5 Å². The minimum Gasteiger partial charge on any atom is -0.392 e. The maximum atomic E-state index is 9.37. The molecule has 2 nitrogen and oxygen atoms in total. The zero-order valence-corrected chi connectivity index (χ0v) is 11.1. The number of hydrogen-bond donors (Lipinski definition) is 1. The Morgan fingerprint density at radius 1 is 1.47 bits per heavy atom. The summed E-state index contributed by atoms with van der Waals surface area (Å²) in [5.74, 6) is 0.797. The quantitative estimate of drug-likeness (QED) is 0.888. The summed E-state index contributed by atoms with van der Waals surface area (Å²) in [6.07, 6.45) is 3.80. The van der Waals surface area contributed by atoms with Crippen LogP contribution in [-0.4, -0.2) is 18.2 Å². The highest BCUT2D eigenvalue weighted by Gasteiger charge is 2.23. The van der Waals surface area contributed by atoms with Crippen LogP contribution in [-0.2, 0) is 6.61 Å². The van der Waals surface area contributed by atoms with Crippen molar-refractivity contribution in [3.63, 3.8) is 0 Å². The summed E-state index contributed by atoms with van der Waals surface area (Å²) in [5.41, 5.74) is 2.09. The van der Waals surface area contributed by atoms with Gasteiger partial charge >= 0.3 is 0 Å². The van der Waals surface area contributed by atoms with Gasteiger partial charge in [0.2, 0.25) is 0 Å². The molecule has 0 spiro atoms. The van der Waals surface area contributed by atoms with Crippen molar-refractivity contribution in [1.82, 2.24) is 0 Å². The van der Waals surface area contributed by atoms with E-state index in [-0.39, 0.29) is 6.61 Å². The van der Waals surface area contributed by atoms with Gasteiger partial charge in [0.1, 0.15) is 0 Å². The molecule has 17 heavy (non-hydrogen) atoms. The van der Waals surface area contributed by atoms with Crippen molar-refractivity contribution in [3.05, 3.63) is 28.8 Å². The van der Waals surface area contributed by atoms with Crippen LogP contribution in [0.1, 0.15) is 31.7 Å². The second-order valence-corrected chi connectivity index (χ2v) is 5.26. The Labute approximate surface area is 108 Å². The van der Waals surface area contributed by atoms with Crippen molar-refractivity contribution in [2.45, 2.75) is 32.8 Å². The van der Waals surface area contributed by atoms with E-state index in [1.807, 2.05) is 18.2 Å². The summed E-state index contributed by atoms with van der Waals surface area (Å²) in [6, 6.07) is 5.74. The van der Waals surface area contributed by atoms with Crippen LogP contribution in [0.2, 0.25) is 5.02 Å². The number of benzene rings is 1. The number of aliphatic hydroxyl groups is 1. The zero-order chi connectivity index (χ0) is 12.3. The number of nitrogens with zero attached hydrogens (tertiary/aromatic N) is 1. The van der Waals surface area contributed by atoms with E-state index in [0.717, 1.165) is 35.3 Å². The van der Waals surface area contributed by atoms with Crippen LogP contribution in [0.4, 0.5) is 5.69 Å². The Morgan fingerprint density at radius 3 is 3.00 bits per heavy atom. The largest absolute Gasteiger partial charge is 0.392 e. The third kappa shape index (κ3) is 2.93. The fourth-order valence-corrected chi connectivity index (χ4v) is 2.83. The summed E-state index contributed by atoms with van der Waals surface area (Å²) in [7, 11) is 0. The summed E-state index contributed by atoms with van der Waals surface area (Å²) in [5, 5.41) is 10.1. The molecule has 1 saturated heterocycles. The van der Waals surface area contributed by atoms with Crippen LogP contribution < -0.4 is 4.90 Å². The van der Waals surface area contributed by atoms with Gasteiger partial charge in [-0.25, -0.2) is 0 Å². The second kappa shape index (κ2) is 5.74. The molecule has 2 rings (SSSR count). The van der Waals surface area contributed by atoms with Gasteiger partial charge in [0, 0.05) is 29.4 Å². The average molecular weight is 254 g/mol. The normalized spacial score (nSPS) is 19.9. The molecule has 0 radical (unpaired) electrons. The van der Waals surface area contributed by atoms with Gasteiger partial charge in [-0.2, -0.15) is 0 Å². The number of aliphatic hydroxyl groups excluding tert-OH is 1. The molecular formula is C14H20ClNO. The Kier molecular flexibility index (Phi) is 4.30. The molecule has 1 aromatic carbocycles. The lowest BCUT2D eigenvalue weighted by Crippen LogP contribution is -2.21. The highest BCUT2D eigenvalue weighted by atomic mass is 35.5. The molecule has 1 unspecified atom stereocenters. The predicted octanol–water partition coefficient (Wildman–Crippen LogP) is 3.46. The van der Waals surface area contributed by atoms with E-state index in [0.29, 0.717) is 0 Å². The van der Waals surface area contributed by atoms with E-state index in [1.165, 1.54) is 19.3 Å². The molecule has 1 atom stereocenters. The van der Waals surface area contributed by atoms with Crippen molar-refractivity contribution < 1.29 is 5.11 Å². The first-order chi connectivity index (χ1) is 8.24. The van der Waals surface area contributed by atoms with Gasteiger partial charge < -0.3 is 10.0 Å². The first-order valence-corrected chi connectivity index (χ1v) is 6.76. The number of anilines is 1. The molecule has 1 heterocycles. The van der Waals surface area contributed by atoms with Crippen LogP contribution in [0.15, 0.2) is 18.2 Å². The zero-order valence-electron chi connectivity index (χ0n) is 10.3. The lowest BCUT2D eigenvalue weighted by atomic mass is 10.0. The molecule has 0 aliphatic carbocycles. The van der Waals surface area contributed by atoms with E-state index in [9.17, 15) is 5.11 Å². The molecule has 0 aromatic heterocycles. The van der Waals surface area contributed by atoms with Gasteiger partial charge in [-0.3, -0.25) is 0 Å². The summed E-state index contributed by atoms with van der Waals surface area (Å²) in [6.45, 7) is 4.50. The van der Waals surface area contributed by atoms with Crippen molar-refractivity contribution in [3.8, 4) is 0 Å². The number of halogens is 1. The Balaban J connectivity index is 2.14. The Bertz CT molecular complexity index is 380. The molecule has 94 valence electrons. The van der Waals surface area contributed by atoms with Gasteiger partial charge in [-0.05, 0) is 30.9 Å². The van der Waals surface area contributed by atoms with E-state index in [2.05, 4.69) is 11.8 Å². The SMILES string of the molecule is CCCC1CCN(c2cc(Cl)ccc2CO)C1. The molecule has 1 aromatic rings. The van der Waals surface area contributed by atoms with Gasteiger partial charge in [-0.15, -0.1) is 0 Å². The molecule has 1 fully saturated rings. The van der Waals surface area contributed by atoms with E-state index in [4.69, 9.17) is 11.6 Å². The second-order valence-electron chi connectivity index (χ2n) is 4.82. The van der Waals surface area contributed by atoms with Crippen LogP contribution in [0.3, 0.4) is 0 Å². The molecule has 0 saturated carbocycles. The lowest BCUT2D eigenvalue weighted by molar-refractivity contribution is 0.282. The van der Waals surface area contributed by atoms with Crippen LogP contribution in [0.5, 0.6) is 0 Å². The van der Waals surface area contributed by atoms with Crippen LogP contribution in [0, 0.1) is 5.92 Å². The van der Waals surface area contributed by atoms with Gasteiger partial charge in [0.25, 0.3) is 0 Å².